The first-order chi connectivity index (χ1) is 10.9. The first-order valence-corrected chi connectivity index (χ1v) is 7.39. The lowest BCUT2D eigenvalue weighted by molar-refractivity contribution is -0.141. The molecule has 0 bridgehead atoms. The highest BCUT2D eigenvalue weighted by Crippen LogP contribution is 2.32. The zero-order valence-corrected chi connectivity index (χ0v) is 12.6. The lowest BCUT2D eigenvalue weighted by Gasteiger charge is -2.32. The Bertz CT molecular complexity index is 690. The van der Waals surface area contributed by atoms with Crippen LogP contribution in [0.4, 0.5) is 13.2 Å². The number of H-pyrrole nitrogens is 1. The quantitative estimate of drug-likeness (QED) is 0.923. The zero-order valence-electron chi connectivity index (χ0n) is 12.6. The maximum atomic E-state index is 12.8. The van der Waals surface area contributed by atoms with Gasteiger partial charge >= 0.3 is 6.18 Å². The van der Waals surface area contributed by atoms with Gasteiger partial charge in [0.15, 0.2) is 5.69 Å². The van der Waals surface area contributed by atoms with Crippen molar-refractivity contribution in [2.75, 3.05) is 13.1 Å². The number of halogens is 3. The van der Waals surface area contributed by atoms with Gasteiger partial charge in [0.2, 0.25) is 0 Å². The minimum absolute atomic E-state index is 0.134. The van der Waals surface area contributed by atoms with Gasteiger partial charge < -0.3 is 14.5 Å². The number of piperidine rings is 1. The van der Waals surface area contributed by atoms with Gasteiger partial charge in [-0.1, -0.05) is 0 Å². The molecule has 3 heterocycles. The minimum Gasteiger partial charge on any atom is -0.357 e. The van der Waals surface area contributed by atoms with Crippen molar-refractivity contribution < 1.29 is 18.0 Å². The van der Waals surface area contributed by atoms with Crippen LogP contribution in [0.1, 0.15) is 40.8 Å². The van der Waals surface area contributed by atoms with Crippen LogP contribution in [0.15, 0.2) is 24.5 Å². The van der Waals surface area contributed by atoms with Gasteiger partial charge in [0, 0.05) is 38.4 Å². The highest BCUT2D eigenvalue weighted by atomic mass is 19.4. The van der Waals surface area contributed by atoms with Crippen molar-refractivity contribution in [2.45, 2.75) is 24.9 Å². The van der Waals surface area contributed by atoms with Gasteiger partial charge in [-0.15, -0.1) is 0 Å². The van der Waals surface area contributed by atoms with E-state index in [1.165, 1.54) is 4.57 Å². The van der Waals surface area contributed by atoms with Crippen molar-refractivity contribution >= 4 is 5.91 Å². The van der Waals surface area contributed by atoms with Crippen LogP contribution in [-0.2, 0) is 13.2 Å². The van der Waals surface area contributed by atoms with E-state index >= 15 is 0 Å². The molecule has 0 spiro atoms. The van der Waals surface area contributed by atoms with E-state index in [2.05, 4.69) is 9.97 Å². The van der Waals surface area contributed by atoms with Gasteiger partial charge in [0.1, 0.15) is 11.5 Å². The third-order valence-corrected chi connectivity index (χ3v) is 4.10. The van der Waals surface area contributed by atoms with E-state index in [0.717, 1.165) is 19.0 Å². The molecular formula is C15H17F3N4O. The molecule has 1 fully saturated rings. The molecule has 2 aromatic heterocycles. The number of imidazole rings is 1. The number of carbonyl (C=O) groups excluding carboxylic acids is 1. The summed E-state index contributed by atoms with van der Waals surface area (Å²) in [6, 6.07) is 3.43. The summed E-state index contributed by atoms with van der Waals surface area (Å²) in [6.07, 6.45) is -0.323. The number of hydrogen-bond acceptors (Lipinski definition) is 2. The molecular weight excluding hydrogens is 309 g/mol. The van der Waals surface area contributed by atoms with E-state index < -0.39 is 11.9 Å². The fourth-order valence-corrected chi connectivity index (χ4v) is 3.00. The van der Waals surface area contributed by atoms with Crippen LogP contribution in [0.2, 0.25) is 0 Å². The number of aromatic nitrogens is 3. The Morgan fingerprint density at radius 3 is 2.83 bits per heavy atom. The van der Waals surface area contributed by atoms with Crippen LogP contribution in [0, 0.1) is 0 Å². The van der Waals surface area contributed by atoms with Crippen LogP contribution in [0.3, 0.4) is 0 Å². The maximum Gasteiger partial charge on any atom is 0.434 e. The second-order valence-corrected chi connectivity index (χ2v) is 5.77. The largest absolute Gasteiger partial charge is 0.434 e. The summed E-state index contributed by atoms with van der Waals surface area (Å²) in [5.74, 6) is 0.0510. The summed E-state index contributed by atoms with van der Waals surface area (Å²) in [7, 11) is 1.56. The third kappa shape index (κ3) is 3.11. The summed E-state index contributed by atoms with van der Waals surface area (Å²) in [5.41, 5.74) is -0.399. The van der Waals surface area contributed by atoms with Crippen molar-refractivity contribution in [1.82, 2.24) is 19.4 Å². The second kappa shape index (κ2) is 5.75. The molecule has 124 valence electrons. The Kier molecular flexibility index (Phi) is 3.91. The van der Waals surface area contributed by atoms with Gasteiger partial charge in [-0.3, -0.25) is 4.79 Å². The topological polar surface area (TPSA) is 53.9 Å². The van der Waals surface area contributed by atoms with Gasteiger partial charge in [-0.2, -0.15) is 13.2 Å². The van der Waals surface area contributed by atoms with E-state index in [0.29, 0.717) is 24.6 Å². The van der Waals surface area contributed by atoms with Crippen molar-refractivity contribution in [1.29, 1.82) is 0 Å². The van der Waals surface area contributed by atoms with Gasteiger partial charge in [-0.25, -0.2) is 4.98 Å². The lowest BCUT2D eigenvalue weighted by Crippen LogP contribution is -2.39. The van der Waals surface area contributed by atoms with Crippen LogP contribution >= 0.6 is 0 Å². The Morgan fingerprint density at radius 2 is 2.22 bits per heavy atom. The Morgan fingerprint density at radius 1 is 1.43 bits per heavy atom. The first kappa shape index (κ1) is 15.6. The van der Waals surface area contributed by atoms with E-state index in [1.54, 1.807) is 30.3 Å². The number of nitrogens with zero attached hydrogens (tertiary/aromatic N) is 3. The second-order valence-electron chi connectivity index (χ2n) is 5.77. The number of carbonyl (C=O) groups is 1. The van der Waals surface area contributed by atoms with Crippen LogP contribution in [0.25, 0.3) is 0 Å². The summed E-state index contributed by atoms with van der Waals surface area (Å²) in [6.45, 7) is 0.977. The molecule has 2 aromatic rings. The number of likely N-dealkylation sites (tertiary alicyclic amines) is 1. The van der Waals surface area contributed by atoms with Gasteiger partial charge in [0.25, 0.3) is 5.91 Å². The van der Waals surface area contributed by atoms with Crippen molar-refractivity contribution in [3.05, 3.63) is 41.7 Å². The predicted octanol–water partition coefficient (Wildman–Crippen LogP) is 2.79. The van der Waals surface area contributed by atoms with E-state index in [1.807, 2.05) is 0 Å². The number of nitrogens with one attached hydrogen (secondary N) is 1. The smallest absolute Gasteiger partial charge is 0.357 e. The molecule has 5 nitrogen and oxygen atoms in total. The molecule has 0 saturated carbocycles. The number of rotatable bonds is 2. The third-order valence-electron chi connectivity index (χ3n) is 4.10. The number of alkyl halides is 3. The fraction of sp³-hybridized carbons (Fsp3) is 0.467. The van der Waals surface area contributed by atoms with E-state index in [9.17, 15) is 18.0 Å². The highest BCUT2D eigenvalue weighted by molar-refractivity contribution is 5.92. The molecule has 23 heavy (non-hydrogen) atoms. The molecule has 3 rings (SSSR count). The number of aryl methyl sites for hydroxylation is 1. The van der Waals surface area contributed by atoms with Gasteiger partial charge in [0.05, 0.1) is 0 Å². The Labute approximate surface area is 131 Å². The van der Waals surface area contributed by atoms with Crippen LogP contribution < -0.4 is 0 Å². The predicted molar refractivity (Wildman–Crippen MR) is 76.9 cm³/mol. The Balaban J connectivity index is 1.79. The van der Waals surface area contributed by atoms with Crippen molar-refractivity contribution in [2.24, 2.45) is 7.05 Å². The zero-order chi connectivity index (χ0) is 16.6. The summed E-state index contributed by atoms with van der Waals surface area (Å²) in [4.78, 5) is 20.7. The van der Waals surface area contributed by atoms with Gasteiger partial charge in [-0.05, 0) is 25.0 Å². The maximum absolute atomic E-state index is 12.8. The highest BCUT2D eigenvalue weighted by Gasteiger charge is 2.36. The lowest BCUT2D eigenvalue weighted by atomic mass is 9.97. The number of hydrogen-bond donors (Lipinski definition) is 1. The molecule has 8 heteroatoms. The average Bonchev–Trinajstić information content (AvgIpc) is 3.15. The molecule has 1 atom stereocenters. The Hall–Kier alpha value is -2.25. The first-order valence-electron chi connectivity index (χ1n) is 7.39. The standard InChI is InChI=1S/C15H17F3N4O/c1-21-9-12(15(16,17)18)20-13(21)10-4-3-7-22(8-10)14(23)11-5-2-6-19-11/h2,5-6,9-10,19H,3-4,7-8H2,1H3/t10-/m1/s1. The molecule has 1 aliphatic heterocycles. The van der Waals surface area contributed by atoms with E-state index in [4.69, 9.17) is 0 Å². The minimum atomic E-state index is -4.45. The van der Waals surface area contributed by atoms with Crippen molar-refractivity contribution in [3.63, 3.8) is 0 Å². The molecule has 0 radical (unpaired) electrons. The summed E-state index contributed by atoms with van der Waals surface area (Å²) >= 11 is 0. The molecule has 1 aliphatic rings. The molecule has 0 aromatic carbocycles. The molecule has 1 N–H and O–H groups in total. The van der Waals surface area contributed by atoms with Crippen LogP contribution in [-0.4, -0.2) is 38.4 Å². The average molecular weight is 326 g/mol. The molecule has 0 aliphatic carbocycles. The number of amides is 1. The fourth-order valence-electron chi connectivity index (χ4n) is 3.00. The SMILES string of the molecule is Cn1cc(C(F)(F)F)nc1[C@@H]1CCCN(C(=O)c2ccc[nH]2)C1. The van der Waals surface area contributed by atoms with Crippen molar-refractivity contribution in [3.8, 4) is 0 Å². The van der Waals surface area contributed by atoms with E-state index in [-0.39, 0.29) is 11.8 Å². The van der Waals surface area contributed by atoms with Crippen LogP contribution in [0.5, 0.6) is 0 Å². The summed E-state index contributed by atoms with van der Waals surface area (Å²) in [5, 5.41) is 0. The summed E-state index contributed by atoms with van der Waals surface area (Å²) < 4.78 is 39.8. The monoisotopic (exact) mass is 326 g/mol. The molecule has 1 amide bonds. The molecule has 1 saturated heterocycles. The number of aromatic amines is 1. The molecule has 0 unspecified atom stereocenters. The normalized spacial score (nSPS) is 19.1.